The van der Waals surface area contributed by atoms with E-state index in [9.17, 15) is 8.42 Å². The standard InChI is InChI=1S/C11H17N3O3S/c1-8-5-3-4-6-10(8)18(16,17)14-9(2)7-11(12)13-15/h3-6,9,14-15H,7H2,1-2H3,(H2,12,13). The van der Waals surface area contributed by atoms with E-state index in [0.717, 1.165) is 0 Å². The molecule has 0 saturated heterocycles. The molecule has 0 bridgehead atoms. The third-order valence-electron chi connectivity index (χ3n) is 2.38. The van der Waals surface area contributed by atoms with E-state index in [2.05, 4.69) is 9.88 Å². The average molecular weight is 271 g/mol. The number of oxime groups is 1. The number of sulfonamides is 1. The van der Waals surface area contributed by atoms with Gasteiger partial charge in [0.2, 0.25) is 10.0 Å². The SMILES string of the molecule is Cc1ccccc1S(=O)(=O)NC(C)CC(N)=NO. The topological polar surface area (TPSA) is 105 Å². The zero-order valence-electron chi connectivity index (χ0n) is 10.3. The summed E-state index contributed by atoms with van der Waals surface area (Å²) in [7, 11) is -3.59. The smallest absolute Gasteiger partial charge is 0.241 e. The molecule has 1 atom stereocenters. The fraction of sp³-hybridized carbons (Fsp3) is 0.364. The Kier molecular flexibility index (Phi) is 4.69. The van der Waals surface area contributed by atoms with Crippen molar-refractivity contribution in [3.8, 4) is 0 Å². The van der Waals surface area contributed by atoms with Crippen LogP contribution in [0.4, 0.5) is 0 Å². The highest BCUT2D eigenvalue weighted by Gasteiger charge is 2.19. The summed E-state index contributed by atoms with van der Waals surface area (Å²) in [5.41, 5.74) is 5.99. The van der Waals surface area contributed by atoms with Gasteiger partial charge in [0.15, 0.2) is 0 Å². The van der Waals surface area contributed by atoms with Gasteiger partial charge in [0, 0.05) is 12.5 Å². The molecule has 1 rings (SSSR count). The lowest BCUT2D eigenvalue weighted by Gasteiger charge is -2.14. The molecule has 0 aliphatic rings. The van der Waals surface area contributed by atoms with Crippen molar-refractivity contribution in [3.63, 3.8) is 0 Å². The number of nitrogens with one attached hydrogen (secondary N) is 1. The Hall–Kier alpha value is -1.60. The summed E-state index contributed by atoms with van der Waals surface area (Å²) in [5.74, 6) is -0.0185. The third kappa shape index (κ3) is 3.71. The predicted molar refractivity (Wildman–Crippen MR) is 69.0 cm³/mol. The lowest BCUT2D eigenvalue weighted by molar-refractivity contribution is 0.316. The van der Waals surface area contributed by atoms with Gasteiger partial charge >= 0.3 is 0 Å². The number of hydrogen-bond donors (Lipinski definition) is 3. The number of benzene rings is 1. The van der Waals surface area contributed by atoms with Crippen molar-refractivity contribution in [1.82, 2.24) is 4.72 Å². The Labute approximate surface area is 107 Å². The maximum atomic E-state index is 12.1. The first-order chi connectivity index (χ1) is 8.36. The van der Waals surface area contributed by atoms with E-state index in [1.54, 1.807) is 32.0 Å². The molecule has 6 nitrogen and oxygen atoms in total. The normalized spacial score (nSPS) is 14.4. The summed E-state index contributed by atoms with van der Waals surface area (Å²) in [5, 5.41) is 11.2. The first kappa shape index (κ1) is 14.5. The first-order valence-corrected chi connectivity index (χ1v) is 6.89. The Morgan fingerprint density at radius 1 is 1.50 bits per heavy atom. The van der Waals surface area contributed by atoms with Crippen molar-refractivity contribution in [2.45, 2.75) is 31.2 Å². The van der Waals surface area contributed by atoms with Gasteiger partial charge in [-0.25, -0.2) is 13.1 Å². The van der Waals surface area contributed by atoms with E-state index in [1.807, 2.05) is 0 Å². The average Bonchev–Trinajstić information content (AvgIpc) is 2.28. The Bertz CT molecular complexity index is 540. The molecule has 0 aliphatic heterocycles. The summed E-state index contributed by atoms with van der Waals surface area (Å²) in [6, 6.07) is 6.24. The van der Waals surface area contributed by atoms with Crippen molar-refractivity contribution in [3.05, 3.63) is 29.8 Å². The van der Waals surface area contributed by atoms with Gasteiger partial charge in [-0.15, -0.1) is 0 Å². The molecule has 1 aromatic rings. The molecule has 0 spiro atoms. The zero-order valence-corrected chi connectivity index (χ0v) is 11.1. The quantitative estimate of drug-likeness (QED) is 0.319. The fourth-order valence-corrected chi connectivity index (χ4v) is 3.07. The highest BCUT2D eigenvalue weighted by Crippen LogP contribution is 2.14. The minimum Gasteiger partial charge on any atom is -0.409 e. The van der Waals surface area contributed by atoms with Crippen molar-refractivity contribution in [1.29, 1.82) is 0 Å². The van der Waals surface area contributed by atoms with Crippen LogP contribution in [0.25, 0.3) is 0 Å². The van der Waals surface area contributed by atoms with Crippen LogP contribution in [0, 0.1) is 6.92 Å². The summed E-state index contributed by atoms with van der Waals surface area (Å²) < 4.78 is 26.6. The van der Waals surface area contributed by atoms with Crippen LogP contribution in [0.15, 0.2) is 34.3 Å². The minimum atomic E-state index is -3.59. The summed E-state index contributed by atoms with van der Waals surface area (Å²) >= 11 is 0. The minimum absolute atomic E-state index is 0.0185. The van der Waals surface area contributed by atoms with E-state index < -0.39 is 16.1 Å². The van der Waals surface area contributed by atoms with Crippen LogP contribution in [-0.4, -0.2) is 25.5 Å². The number of amidine groups is 1. The van der Waals surface area contributed by atoms with Crippen LogP contribution in [0.3, 0.4) is 0 Å². The molecule has 0 saturated carbocycles. The Balaban J connectivity index is 2.87. The lowest BCUT2D eigenvalue weighted by atomic mass is 10.2. The van der Waals surface area contributed by atoms with E-state index in [1.165, 1.54) is 6.07 Å². The van der Waals surface area contributed by atoms with Crippen LogP contribution >= 0.6 is 0 Å². The van der Waals surface area contributed by atoms with Gasteiger partial charge in [-0.3, -0.25) is 0 Å². The Morgan fingerprint density at radius 3 is 2.67 bits per heavy atom. The summed E-state index contributed by atoms with van der Waals surface area (Å²) in [6.07, 6.45) is 0.140. The first-order valence-electron chi connectivity index (χ1n) is 5.41. The molecule has 4 N–H and O–H groups in total. The number of aryl methyl sites for hydroxylation is 1. The van der Waals surface area contributed by atoms with E-state index in [4.69, 9.17) is 10.9 Å². The van der Waals surface area contributed by atoms with Crippen LogP contribution in [0.1, 0.15) is 18.9 Å². The molecule has 1 unspecified atom stereocenters. The van der Waals surface area contributed by atoms with Crippen LogP contribution in [-0.2, 0) is 10.0 Å². The van der Waals surface area contributed by atoms with Gasteiger partial charge in [0.25, 0.3) is 0 Å². The molecule has 0 aromatic heterocycles. The molecule has 18 heavy (non-hydrogen) atoms. The number of rotatable bonds is 5. The van der Waals surface area contributed by atoms with E-state index in [-0.39, 0.29) is 17.2 Å². The van der Waals surface area contributed by atoms with Gasteiger partial charge in [-0.05, 0) is 25.5 Å². The maximum Gasteiger partial charge on any atom is 0.241 e. The number of hydrogen-bond acceptors (Lipinski definition) is 4. The monoisotopic (exact) mass is 271 g/mol. The summed E-state index contributed by atoms with van der Waals surface area (Å²) in [4.78, 5) is 0.233. The molecule has 0 aliphatic carbocycles. The molecule has 0 radical (unpaired) electrons. The highest BCUT2D eigenvalue weighted by atomic mass is 32.2. The van der Waals surface area contributed by atoms with Gasteiger partial charge in [0.1, 0.15) is 5.84 Å². The van der Waals surface area contributed by atoms with Gasteiger partial charge in [-0.2, -0.15) is 0 Å². The van der Waals surface area contributed by atoms with E-state index in [0.29, 0.717) is 5.56 Å². The molecule has 100 valence electrons. The summed E-state index contributed by atoms with van der Waals surface area (Å²) in [6.45, 7) is 3.37. The zero-order chi connectivity index (χ0) is 13.8. The Morgan fingerprint density at radius 2 is 2.11 bits per heavy atom. The second-order valence-corrected chi connectivity index (χ2v) is 5.77. The van der Waals surface area contributed by atoms with Gasteiger partial charge < -0.3 is 10.9 Å². The third-order valence-corrected chi connectivity index (χ3v) is 4.13. The highest BCUT2D eigenvalue weighted by molar-refractivity contribution is 7.89. The molecule has 0 fully saturated rings. The molecule has 7 heteroatoms. The molecule has 0 heterocycles. The van der Waals surface area contributed by atoms with Crippen LogP contribution in [0.2, 0.25) is 0 Å². The lowest BCUT2D eigenvalue weighted by Crippen LogP contribution is -2.36. The van der Waals surface area contributed by atoms with Gasteiger partial charge in [0.05, 0.1) is 4.90 Å². The molecule has 1 aromatic carbocycles. The number of nitrogens with zero attached hydrogens (tertiary/aromatic N) is 1. The van der Waals surface area contributed by atoms with Crippen molar-refractivity contribution in [2.24, 2.45) is 10.9 Å². The fourth-order valence-electron chi connectivity index (χ4n) is 1.58. The van der Waals surface area contributed by atoms with Crippen LogP contribution in [0.5, 0.6) is 0 Å². The molecular weight excluding hydrogens is 254 g/mol. The number of nitrogens with two attached hydrogens (primary N) is 1. The maximum absolute atomic E-state index is 12.1. The van der Waals surface area contributed by atoms with Crippen LogP contribution < -0.4 is 10.5 Å². The largest absolute Gasteiger partial charge is 0.409 e. The predicted octanol–water partition coefficient (Wildman–Crippen LogP) is 0.798. The second kappa shape index (κ2) is 5.83. The van der Waals surface area contributed by atoms with Crippen molar-refractivity contribution in [2.75, 3.05) is 0 Å². The molecular formula is C11H17N3O3S. The second-order valence-electron chi connectivity index (χ2n) is 4.08. The molecule has 0 amide bonds. The van der Waals surface area contributed by atoms with Gasteiger partial charge in [-0.1, -0.05) is 23.4 Å². The van der Waals surface area contributed by atoms with Crippen molar-refractivity contribution >= 4 is 15.9 Å². The van der Waals surface area contributed by atoms with E-state index >= 15 is 0 Å². The van der Waals surface area contributed by atoms with Crippen molar-refractivity contribution < 1.29 is 13.6 Å².